The molecule has 1 N–H and O–H groups in total. The molecule has 1 atom stereocenters. The van der Waals surface area contributed by atoms with Crippen molar-refractivity contribution < 1.29 is 52.7 Å². The first-order valence-electron chi connectivity index (χ1n) is 14.7. The summed E-state index contributed by atoms with van der Waals surface area (Å²) in [5.41, 5.74) is -6.40. The molecule has 1 aliphatic carbocycles. The van der Waals surface area contributed by atoms with E-state index in [2.05, 4.69) is 5.09 Å². The molecule has 1 aliphatic rings. The highest BCUT2D eigenvalue weighted by Gasteiger charge is 2.41. The van der Waals surface area contributed by atoms with Gasteiger partial charge in [0.1, 0.15) is 0 Å². The van der Waals surface area contributed by atoms with E-state index in [0.29, 0.717) is 29.8 Å². The minimum Gasteiger partial charge on any atom is -0.282 e. The predicted molar refractivity (Wildman–Crippen MR) is 172 cm³/mol. The van der Waals surface area contributed by atoms with E-state index in [1.165, 1.54) is 6.92 Å². The van der Waals surface area contributed by atoms with Crippen LogP contribution < -0.4 is 26.3 Å². The van der Waals surface area contributed by atoms with Crippen molar-refractivity contribution in [2.75, 3.05) is 0 Å². The van der Waals surface area contributed by atoms with Crippen LogP contribution in [-0.4, -0.2) is 6.04 Å². The third kappa shape index (κ3) is 8.61. The molecule has 0 saturated carbocycles. The molecule has 1 nitrogen and oxygen atoms in total. The maximum atomic E-state index is 13.9. The maximum absolute atomic E-state index is 13.9. The summed E-state index contributed by atoms with van der Waals surface area (Å²) in [5, 5.41) is 3.96. The average molecular weight is 750 g/mol. The Morgan fingerprint density at radius 2 is 0.880 bits per heavy atom. The maximum Gasteiger partial charge on any atom is 0.416 e. The molecule has 4 aromatic carbocycles. The van der Waals surface area contributed by atoms with Crippen LogP contribution in [0.2, 0.25) is 0 Å². The molecule has 0 unspecified atom stereocenters. The molecule has 0 radical (unpaired) electrons. The van der Waals surface area contributed by atoms with Gasteiger partial charge in [-0.2, -0.15) is 52.7 Å². The molecule has 0 heterocycles. The first kappa shape index (κ1) is 37.6. The van der Waals surface area contributed by atoms with Crippen LogP contribution in [0.25, 0.3) is 0 Å². The van der Waals surface area contributed by atoms with Gasteiger partial charge in [-0.05, 0) is 89.8 Å². The standard InChI is InChI=1S/C35H25F12NP2/c1-21(30-13-8-14-31(30)49(26-9-4-2-5-10-26)27-11-6-3-7-12-27)48-50(28-17-22(32(36,37)38)15-23(18-28)33(39,40)41)29-19-24(34(42,43)44)16-25(20-29)35(45,46)47/h2-12,14-21,48H,13H2,1H3/t21-/m0/s1. The molecule has 0 saturated heterocycles. The van der Waals surface area contributed by atoms with E-state index in [4.69, 9.17) is 0 Å². The summed E-state index contributed by atoms with van der Waals surface area (Å²) in [7, 11) is -4.19. The Morgan fingerprint density at radius 3 is 1.22 bits per heavy atom. The van der Waals surface area contributed by atoms with Crippen molar-refractivity contribution >= 4 is 37.2 Å². The molecule has 4 aromatic rings. The zero-order chi connectivity index (χ0) is 36.6. The second-order valence-electron chi connectivity index (χ2n) is 11.2. The monoisotopic (exact) mass is 749 g/mol. The molecule has 15 heteroatoms. The SMILES string of the molecule is C[C@H](NP(c1cc(C(F)(F)F)cc(C(F)(F)F)c1)c1cc(C(F)(F)F)cc(C(F)(F)F)c1)C1=C(P(c2ccccc2)c2ccccc2)C=CC1. The van der Waals surface area contributed by atoms with Crippen molar-refractivity contribution in [3.8, 4) is 0 Å². The third-order valence-electron chi connectivity index (χ3n) is 7.72. The van der Waals surface area contributed by atoms with Gasteiger partial charge >= 0.3 is 24.7 Å². The molecule has 0 amide bonds. The Labute approximate surface area is 281 Å². The van der Waals surface area contributed by atoms with Gasteiger partial charge in [0.2, 0.25) is 0 Å². The lowest BCUT2D eigenvalue weighted by Gasteiger charge is -2.29. The number of hydrogen-bond acceptors (Lipinski definition) is 1. The van der Waals surface area contributed by atoms with Crippen LogP contribution >= 0.6 is 16.0 Å². The van der Waals surface area contributed by atoms with Crippen LogP contribution in [0.4, 0.5) is 52.7 Å². The van der Waals surface area contributed by atoms with Gasteiger partial charge in [-0.15, -0.1) is 0 Å². The number of alkyl halides is 12. The van der Waals surface area contributed by atoms with Gasteiger partial charge in [0.05, 0.1) is 22.3 Å². The van der Waals surface area contributed by atoms with Crippen LogP contribution in [0.15, 0.2) is 120 Å². The number of nitrogens with one attached hydrogen (secondary N) is 1. The zero-order valence-corrected chi connectivity index (χ0v) is 27.4. The van der Waals surface area contributed by atoms with Crippen LogP contribution in [-0.2, 0) is 24.7 Å². The van der Waals surface area contributed by atoms with E-state index in [-0.39, 0.29) is 18.6 Å². The quantitative estimate of drug-likeness (QED) is 0.140. The lowest BCUT2D eigenvalue weighted by atomic mass is 10.1. The van der Waals surface area contributed by atoms with Crippen LogP contribution in [0.5, 0.6) is 0 Å². The number of benzene rings is 4. The van der Waals surface area contributed by atoms with Gasteiger partial charge in [0.15, 0.2) is 0 Å². The lowest BCUT2D eigenvalue weighted by molar-refractivity contribution is -0.144. The fourth-order valence-corrected chi connectivity index (χ4v) is 10.2. The second-order valence-corrected chi connectivity index (χ2v) is 15.4. The van der Waals surface area contributed by atoms with E-state index in [0.717, 1.165) is 15.9 Å². The first-order chi connectivity index (χ1) is 23.2. The Hall–Kier alpha value is -3.66. The van der Waals surface area contributed by atoms with Gasteiger partial charge < -0.3 is 0 Å². The van der Waals surface area contributed by atoms with Crippen molar-refractivity contribution in [3.05, 3.63) is 142 Å². The fourth-order valence-electron chi connectivity index (χ4n) is 5.41. The highest BCUT2D eigenvalue weighted by molar-refractivity contribution is 7.77. The van der Waals surface area contributed by atoms with Gasteiger partial charge in [-0.3, -0.25) is 5.09 Å². The topological polar surface area (TPSA) is 12.0 Å². The molecular weight excluding hydrogens is 724 g/mol. The molecule has 5 rings (SSSR count). The number of rotatable bonds is 8. The highest BCUT2D eigenvalue weighted by atomic mass is 31.1. The third-order valence-corrected chi connectivity index (χ3v) is 12.5. The Balaban J connectivity index is 1.72. The molecule has 264 valence electrons. The molecule has 0 fully saturated rings. The van der Waals surface area contributed by atoms with Gasteiger partial charge in [0, 0.05) is 14.1 Å². The lowest BCUT2D eigenvalue weighted by Crippen LogP contribution is -2.33. The van der Waals surface area contributed by atoms with Crippen molar-refractivity contribution in [1.82, 2.24) is 5.09 Å². The number of allylic oxidation sites excluding steroid dienone is 3. The number of hydrogen-bond donors (Lipinski definition) is 1. The van der Waals surface area contributed by atoms with Crippen LogP contribution in [0, 0.1) is 0 Å². The summed E-state index contributed by atoms with van der Waals surface area (Å²) in [4.78, 5) is 0. The molecule has 0 aliphatic heterocycles. The zero-order valence-electron chi connectivity index (χ0n) is 25.6. The van der Waals surface area contributed by atoms with Gasteiger partial charge in [-0.25, -0.2) is 0 Å². The normalized spacial score (nSPS) is 15.0. The Kier molecular flexibility index (Phi) is 10.6. The molecule has 50 heavy (non-hydrogen) atoms. The highest BCUT2D eigenvalue weighted by Crippen LogP contribution is 2.50. The summed E-state index contributed by atoms with van der Waals surface area (Å²) in [6, 6.07) is 18.6. The summed E-state index contributed by atoms with van der Waals surface area (Å²) in [6.45, 7) is 1.53. The smallest absolute Gasteiger partial charge is 0.282 e. The van der Waals surface area contributed by atoms with E-state index in [1.807, 2.05) is 66.7 Å². The second kappa shape index (κ2) is 14.2. The van der Waals surface area contributed by atoms with E-state index in [1.54, 1.807) is 6.08 Å². The first-order valence-corrected chi connectivity index (χ1v) is 17.4. The average Bonchev–Trinajstić information content (AvgIpc) is 3.52. The van der Waals surface area contributed by atoms with Crippen LogP contribution in [0.3, 0.4) is 0 Å². The van der Waals surface area contributed by atoms with Crippen LogP contribution in [0.1, 0.15) is 35.6 Å². The molecular formula is C35H25F12NP2. The molecule has 0 spiro atoms. The Morgan fingerprint density at radius 1 is 0.520 bits per heavy atom. The van der Waals surface area contributed by atoms with Crippen molar-refractivity contribution in [2.45, 2.75) is 44.1 Å². The summed E-state index contributed by atoms with van der Waals surface area (Å²) in [6.07, 6.45) is -17.4. The minimum atomic E-state index is -5.32. The van der Waals surface area contributed by atoms with Crippen molar-refractivity contribution in [1.29, 1.82) is 0 Å². The molecule has 0 bridgehead atoms. The van der Waals surface area contributed by atoms with Crippen molar-refractivity contribution in [2.24, 2.45) is 0 Å². The summed E-state index contributed by atoms with van der Waals surface area (Å²) < 4.78 is 167. The number of halogens is 12. The van der Waals surface area contributed by atoms with Gasteiger partial charge in [-0.1, -0.05) is 72.8 Å². The minimum absolute atomic E-state index is 0.151. The van der Waals surface area contributed by atoms with E-state index >= 15 is 0 Å². The fraction of sp³-hybridized carbons (Fsp3) is 0.200. The van der Waals surface area contributed by atoms with Crippen molar-refractivity contribution in [3.63, 3.8) is 0 Å². The largest absolute Gasteiger partial charge is 0.416 e. The summed E-state index contributed by atoms with van der Waals surface area (Å²) in [5.74, 6) is 0. The summed E-state index contributed by atoms with van der Waals surface area (Å²) >= 11 is 0. The predicted octanol–water partition coefficient (Wildman–Crippen LogP) is 10.4. The Bertz CT molecular complexity index is 1700. The van der Waals surface area contributed by atoms with E-state index in [9.17, 15) is 52.7 Å². The van der Waals surface area contributed by atoms with Gasteiger partial charge in [0.25, 0.3) is 0 Å². The van der Waals surface area contributed by atoms with E-state index < -0.39 is 79.6 Å². The molecule has 0 aromatic heterocycles.